The SMILES string of the molecule is CC(=O)OCCc1ccccc1F. The Bertz CT molecular complexity index is 297. The number of halogens is 1. The molecule has 0 fully saturated rings. The summed E-state index contributed by atoms with van der Waals surface area (Å²) in [5, 5.41) is 0. The van der Waals surface area contributed by atoms with Crippen molar-refractivity contribution in [2.24, 2.45) is 0 Å². The zero-order chi connectivity index (χ0) is 9.68. The van der Waals surface area contributed by atoms with Crippen LogP contribution in [0.15, 0.2) is 24.3 Å². The van der Waals surface area contributed by atoms with Crippen LogP contribution >= 0.6 is 0 Å². The highest BCUT2D eigenvalue weighted by molar-refractivity contribution is 5.65. The Morgan fingerprint density at radius 2 is 2.15 bits per heavy atom. The zero-order valence-corrected chi connectivity index (χ0v) is 7.42. The Morgan fingerprint density at radius 1 is 1.46 bits per heavy atom. The minimum absolute atomic E-state index is 0.232. The highest BCUT2D eigenvalue weighted by atomic mass is 19.1. The van der Waals surface area contributed by atoms with E-state index in [-0.39, 0.29) is 18.4 Å². The molecule has 1 rings (SSSR count). The van der Waals surface area contributed by atoms with Crippen LogP contribution in [-0.4, -0.2) is 12.6 Å². The summed E-state index contributed by atoms with van der Waals surface area (Å²) in [6, 6.07) is 6.46. The molecular formula is C10H11FO2. The topological polar surface area (TPSA) is 26.3 Å². The predicted molar refractivity (Wildman–Crippen MR) is 46.7 cm³/mol. The smallest absolute Gasteiger partial charge is 0.302 e. The van der Waals surface area contributed by atoms with E-state index in [1.54, 1.807) is 18.2 Å². The summed E-state index contributed by atoms with van der Waals surface area (Å²) in [6.45, 7) is 1.57. The molecular weight excluding hydrogens is 171 g/mol. The summed E-state index contributed by atoms with van der Waals surface area (Å²) in [4.78, 5) is 10.4. The van der Waals surface area contributed by atoms with Crippen molar-refractivity contribution in [3.63, 3.8) is 0 Å². The van der Waals surface area contributed by atoms with Crippen molar-refractivity contribution in [2.45, 2.75) is 13.3 Å². The van der Waals surface area contributed by atoms with Crippen LogP contribution in [0, 0.1) is 5.82 Å². The molecule has 0 unspecified atom stereocenters. The molecule has 0 amide bonds. The van der Waals surface area contributed by atoms with Crippen LogP contribution in [0.4, 0.5) is 4.39 Å². The zero-order valence-electron chi connectivity index (χ0n) is 7.42. The number of hydrogen-bond acceptors (Lipinski definition) is 2. The second-order valence-electron chi connectivity index (χ2n) is 2.68. The van der Waals surface area contributed by atoms with E-state index >= 15 is 0 Å². The normalized spacial score (nSPS) is 9.69. The van der Waals surface area contributed by atoms with Gasteiger partial charge in [0.2, 0.25) is 0 Å². The first-order valence-electron chi connectivity index (χ1n) is 4.07. The molecule has 0 saturated carbocycles. The minimum Gasteiger partial charge on any atom is -0.466 e. The van der Waals surface area contributed by atoms with Gasteiger partial charge in [0, 0.05) is 13.3 Å². The first-order valence-corrected chi connectivity index (χ1v) is 4.07. The van der Waals surface area contributed by atoms with Gasteiger partial charge >= 0.3 is 5.97 Å². The van der Waals surface area contributed by atoms with Gasteiger partial charge in [-0.05, 0) is 11.6 Å². The summed E-state index contributed by atoms with van der Waals surface area (Å²) in [5.41, 5.74) is 0.573. The van der Waals surface area contributed by atoms with Gasteiger partial charge in [-0.25, -0.2) is 4.39 Å². The highest BCUT2D eigenvalue weighted by Crippen LogP contribution is 2.06. The molecule has 0 saturated heterocycles. The van der Waals surface area contributed by atoms with E-state index in [4.69, 9.17) is 4.74 Å². The van der Waals surface area contributed by atoms with Crippen LogP contribution in [0.3, 0.4) is 0 Å². The van der Waals surface area contributed by atoms with Crippen molar-refractivity contribution in [1.29, 1.82) is 0 Å². The van der Waals surface area contributed by atoms with Gasteiger partial charge in [0.15, 0.2) is 0 Å². The third-order valence-corrected chi connectivity index (χ3v) is 1.63. The molecule has 1 aromatic carbocycles. The molecule has 0 heterocycles. The average molecular weight is 182 g/mol. The van der Waals surface area contributed by atoms with Crippen LogP contribution in [0.5, 0.6) is 0 Å². The molecule has 13 heavy (non-hydrogen) atoms. The molecule has 0 bridgehead atoms. The van der Waals surface area contributed by atoms with Crippen molar-refractivity contribution >= 4 is 5.97 Å². The van der Waals surface area contributed by atoms with Crippen molar-refractivity contribution in [3.05, 3.63) is 35.6 Å². The standard InChI is InChI=1S/C10H11FO2/c1-8(12)13-7-6-9-4-2-3-5-10(9)11/h2-5H,6-7H2,1H3. The Morgan fingerprint density at radius 3 is 2.77 bits per heavy atom. The lowest BCUT2D eigenvalue weighted by Gasteiger charge is -2.02. The van der Waals surface area contributed by atoms with Crippen LogP contribution in [0.1, 0.15) is 12.5 Å². The second kappa shape index (κ2) is 4.60. The van der Waals surface area contributed by atoms with Gasteiger partial charge in [0.05, 0.1) is 6.61 Å². The molecule has 0 atom stereocenters. The molecule has 0 spiro atoms. The lowest BCUT2D eigenvalue weighted by atomic mass is 10.1. The molecule has 0 aliphatic carbocycles. The summed E-state index contributed by atoms with van der Waals surface area (Å²) in [5.74, 6) is -0.592. The quantitative estimate of drug-likeness (QED) is 0.667. The molecule has 0 aromatic heterocycles. The number of ether oxygens (including phenoxy) is 1. The van der Waals surface area contributed by atoms with E-state index in [9.17, 15) is 9.18 Å². The Hall–Kier alpha value is -1.38. The molecule has 0 aliphatic heterocycles. The first kappa shape index (κ1) is 9.71. The second-order valence-corrected chi connectivity index (χ2v) is 2.68. The van der Waals surface area contributed by atoms with Crippen LogP contribution in [-0.2, 0) is 16.0 Å². The van der Waals surface area contributed by atoms with Gasteiger partial charge in [0.1, 0.15) is 5.82 Å². The van der Waals surface area contributed by atoms with Gasteiger partial charge in [-0.2, -0.15) is 0 Å². The lowest BCUT2D eigenvalue weighted by molar-refractivity contribution is -0.140. The van der Waals surface area contributed by atoms with Gasteiger partial charge in [-0.3, -0.25) is 4.79 Å². The van der Waals surface area contributed by atoms with Gasteiger partial charge < -0.3 is 4.74 Å². The predicted octanol–water partition coefficient (Wildman–Crippen LogP) is 1.93. The number of rotatable bonds is 3. The maximum Gasteiger partial charge on any atom is 0.302 e. The Balaban J connectivity index is 2.45. The fraction of sp³-hybridized carbons (Fsp3) is 0.300. The van der Waals surface area contributed by atoms with Gasteiger partial charge in [0.25, 0.3) is 0 Å². The van der Waals surface area contributed by atoms with E-state index in [0.29, 0.717) is 12.0 Å². The minimum atomic E-state index is -0.337. The Labute approximate surface area is 76.3 Å². The summed E-state index contributed by atoms with van der Waals surface area (Å²) >= 11 is 0. The summed E-state index contributed by atoms with van der Waals surface area (Å²) < 4.78 is 17.7. The van der Waals surface area contributed by atoms with Crippen molar-refractivity contribution in [3.8, 4) is 0 Å². The van der Waals surface area contributed by atoms with E-state index in [1.807, 2.05) is 0 Å². The Kier molecular flexibility index (Phi) is 3.43. The third-order valence-electron chi connectivity index (χ3n) is 1.63. The fourth-order valence-corrected chi connectivity index (χ4v) is 1.01. The number of esters is 1. The average Bonchev–Trinajstić information content (AvgIpc) is 2.08. The van der Waals surface area contributed by atoms with Gasteiger partial charge in [-0.15, -0.1) is 0 Å². The van der Waals surface area contributed by atoms with Crippen LogP contribution in [0.25, 0.3) is 0 Å². The van der Waals surface area contributed by atoms with Crippen LogP contribution < -0.4 is 0 Å². The summed E-state index contributed by atoms with van der Waals surface area (Å²) in [7, 11) is 0. The van der Waals surface area contributed by atoms with Crippen molar-refractivity contribution in [2.75, 3.05) is 6.61 Å². The van der Waals surface area contributed by atoms with E-state index in [0.717, 1.165) is 0 Å². The maximum absolute atomic E-state index is 13.0. The molecule has 2 nitrogen and oxygen atoms in total. The molecule has 3 heteroatoms. The number of carbonyl (C=O) groups excluding carboxylic acids is 1. The van der Waals surface area contributed by atoms with E-state index in [1.165, 1.54) is 13.0 Å². The summed E-state index contributed by atoms with van der Waals surface area (Å²) in [6.07, 6.45) is 0.423. The van der Waals surface area contributed by atoms with Gasteiger partial charge in [-0.1, -0.05) is 18.2 Å². The first-order chi connectivity index (χ1) is 6.20. The number of carbonyl (C=O) groups is 1. The molecule has 0 radical (unpaired) electrons. The van der Waals surface area contributed by atoms with E-state index in [2.05, 4.69) is 0 Å². The number of benzene rings is 1. The monoisotopic (exact) mass is 182 g/mol. The molecule has 0 aliphatic rings. The lowest BCUT2D eigenvalue weighted by Crippen LogP contribution is -2.04. The van der Waals surface area contributed by atoms with Crippen molar-refractivity contribution < 1.29 is 13.9 Å². The third kappa shape index (κ3) is 3.23. The maximum atomic E-state index is 13.0. The molecule has 0 N–H and O–H groups in total. The van der Waals surface area contributed by atoms with Crippen molar-refractivity contribution in [1.82, 2.24) is 0 Å². The van der Waals surface area contributed by atoms with Crippen LogP contribution in [0.2, 0.25) is 0 Å². The largest absolute Gasteiger partial charge is 0.466 e. The highest BCUT2D eigenvalue weighted by Gasteiger charge is 2.00. The molecule has 70 valence electrons. The fourth-order valence-electron chi connectivity index (χ4n) is 1.01. The van der Waals surface area contributed by atoms with E-state index < -0.39 is 0 Å². The molecule has 1 aromatic rings. The number of hydrogen-bond donors (Lipinski definition) is 0.